The van der Waals surface area contributed by atoms with Gasteiger partial charge in [0, 0.05) is 52.8 Å². The minimum absolute atomic E-state index is 0.416. The van der Waals surface area contributed by atoms with Gasteiger partial charge in [-0.3, -0.25) is 9.19 Å². The van der Waals surface area contributed by atoms with Crippen molar-refractivity contribution in [2.45, 2.75) is 38.1 Å². The van der Waals surface area contributed by atoms with Crippen molar-refractivity contribution in [3.8, 4) is 11.5 Å². The highest BCUT2D eigenvalue weighted by atomic mass is 32.2. The second-order valence-electron chi connectivity index (χ2n) is 6.55. The van der Waals surface area contributed by atoms with E-state index >= 15 is 0 Å². The lowest BCUT2D eigenvalue weighted by atomic mass is 10.1. The number of hydrogen-bond acceptors (Lipinski definition) is 5. The Morgan fingerprint density at radius 1 is 1.17 bits per heavy atom. The lowest BCUT2D eigenvalue weighted by Crippen LogP contribution is -2.38. The van der Waals surface area contributed by atoms with Crippen molar-refractivity contribution in [3.63, 3.8) is 0 Å². The quantitative estimate of drug-likeness (QED) is 0.857. The topological polar surface area (TPSA) is 59.0 Å². The molecule has 0 atom stereocenters. The van der Waals surface area contributed by atoms with Crippen LogP contribution in [0.3, 0.4) is 0 Å². The van der Waals surface area contributed by atoms with Gasteiger partial charge in [-0.15, -0.1) is 0 Å². The van der Waals surface area contributed by atoms with Crippen molar-refractivity contribution >= 4 is 16.6 Å². The largest absolute Gasteiger partial charge is 0.356 e. The minimum atomic E-state index is -0.637. The average molecular weight is 342 g/mol. The van der Waals surface area contributed by atoms with Crippen LogP contribution in [0.4, 0.5) is 5.82 Å². The summed E-state index contributed by atoms with van der Waals surface area (Å²) < 4.78 is 11.7. The lowest BCUT2D eigenvalue weighted by molar-refractivity contribution is 0.564. The molecule has 4 rings (SSSR count). The molecule has 2 aromatic rings. The fraction of sp³-hybridized carbons (Fsp3) is 0.500. The molecule has 0 N–H and O–H groups in total. The molecule has 3 heterocycles. The minimum Gasteiger partial charge on any atom is -0.356 e. The van der Waals surface area contributed by atoms with Crippen LogP contribution in [-0.4, -0.2) is 43.8 Å². The molecule has 126 valence electrons. The molecule has 0 unspecified atom stereocenters. The molecule has 1 aliphatic carbocycles. The Morgan fingerprint density at radius 2 is 2.00 bits per heavy atom. The molecule has 2 aliphatic rings. The molecule has 1 fully saturated rings. The maximum absolute atomic E-state index is 11.7. The van der Waals surface area contributed by atoms with Crippen molar-refractivity contribution in [1.82, 2.24) is 15.0 Å². The fourth-order valence-electron chi connectivity index (χ4n) is 3.66. The van der Waals surface area contributed by atoms with Gasteiger partial charge in [-0.25, -0.2) is 9.97 Å². The summed E-state index contributed by atoms with van der Waals surface area (Å²) in [6.45, 7) is 0. The summed E-state index contributed by atoms with van der Waals surface area (Å²) in [5.41, 5.74) is 3.29. The monoisotopic (exact) mass is 342 g/mol. The van der Waals surface area contributed by atoms with E-state index in [1.165, 1.54) is 11.3 Å². The highest BCUT2D eigenvalue weighted by Crippen LogP contribution is 2.32. The smallest absolute Gasteiger partial charge is 0.180 e. The van der Waals surface area contributed by atoms with E-state index in [0.29, 0.717) is 6.04 Å². The molecule has 0 spiro atoms. The van der Waals surface area contributed by atoms with E-state index in [0.717, 1.165) is 60.9 Å². The number of aromatic nitrogens is 3. The van der Waals surface area contributed by atoms with Gasteiger partial charge >= 0.3 is 0 Å². The zero-order valence-corrected chi connectivity index (χ0v) is 14.8. The second-order valence-corrected chi connectivity index (χ2v) is 8.25. The summed E-state index contributed by atoms with van der Waals surface area (Å²) in [7, 11) is 1.49. The van der Waals surface area contributed by atoms with Gasteiger partial charge in [0.2, 0.25) is 0 Å². The number of fused-ring (bicyclic) bond motifs is 1. The van der Waals surface area contributed by atoms with Gasteiger partial charge in [0.05, 0.1) is 0 Å². The van der Waals surface area contributed by atoms with Crippen LogP contribution >= 0.6 is 0 Å². The Hall–Kier alpha value is -1.82. The van der Waals surface area contributed by atoms with Crippen LogP contribution < -0.4 is 4.90 Å². The molecular weight excluding hydrogens is 320 g/mol. The Bertz CT molecular complexity index is 755. The van der Waals surface area contributed by atoms with Crippen molar-refractivity contribution in [2.24, 2.45) is 0 Å². The van der Waals surface area contributed by atoms with E-state index in [2.05, 4.69) is 16.9 Å². The number of nitrogens with zero attached hydrogens (tertiary/aromatic N) is 4. The lowest BCUT2D eigenvalue weighted by Gasteiger charge is -2.33. The fourth-order valence-corrected chi connectivity index (χ4v) is 4.93. The number of anilines is 1. The number of rotatable bonds is 3. The third kappa shape index (κ3) is 2.95. The number of aryl methyl sites for hydroxylation is 1. The van der Waals surface area contributed by atoms with Gasteiger partial charge in [0.25, 0.3) is 0 Å². The molecule has 1 aliphatic heterocycles. The summed E-state index contributed by atoms with van der Waals surface area (Å²) in [4.78, 5) is 16.4. The van der Waals surface area contributed by atoms with Crippen LogP contribution in [0.5, 0.6) is 0 Å². The summed E-state index contributed by atoms with van der Waals surface area (Å²) in [5, 5.41) is 0. The van der Waals surface area contributed by atoms with Crippen LogP contribution in [0, 0.1) is 0 Å². The van der Waals surface area contributed by atoms with Crippen LogP contribution in [0.1, 0.15) is 30.5 Å². The van der Waals surface area contributed by atoms with Crippen LogP contribution in [-0.2, 0) is 23.6 Å². The Labute approximate surface area is 145 Å². The predicted octanol–water partition coefficient (Wildman–Crippen LogP) is 2.37. The standard InChI is InChI=1S/C18H22N4OS/c1-22(13-8-11-24(23)12-9-13)18-14-5-4-7-15(14)20-17(21-18)16-6-2-3-10-19-16/h2-3,6,10,13H,4-5,7-9,11-12H2,1H3. The van der Waals surface area contributed by atoms with Crippen LogP contribution in [0.15, 0.2) is 24.4 Å². The SMILES string of the molecule is CN(c1nc(-c2ccccn2)nc2c1CCC2)C1CCS(=O)CC1. The first kappa shape index (κ1) is 15.7. The van der Waals surface area contributed by atoms with Gasteiger partial charge in [0.1, 0.15) is 11.5 Å². The predicted molar refractivity (Wildman–Crippen MR) is 96.6 cm³/mol. The maximum Gasteiger partial charge on any atom is 0.180 e. The molecule has 0 saturated carbocycles. The third-order valence-corrected chi connectivity index (χ3v) is 6.43. The first-order valence-corrected chi connectivity index (χ1v) is 10.1. The van der Waals surface area contributed by atoms with Gasteiger partial charge in [-0.1, -0.05) is 6.07 Å². The van der Waals surface area contributed by atoms with Crippen molar-refractivity contribution in [3.05, 3.63) is 35.7 Å². The second kappa shape index (κ2) is 6.59. The van der Waals surface area contributed by atoms with E-state index in [4.69, 9.17) is 9.97 Å². The van der Waals surface area contributed by atoms with Gasteiger partial charge < -0.3 is 4.90 Å². The van der Waals surface area contributed by atoms with E-state index in [-0.39, 0.29) is 0 Å². The first-order chi connectivity index (χ1) is 11.7. The van der Waals surface area contributed by atoms with Crippen LogP contribution in [0.2, 0.25) is 0 Å². The molecule has 0 aromatic carbocycles. The van der Waals surface area contributed by atoms with Gasteiger partial charge in [0.15, 0.2) is 5.82 Å². The third-order valence-electron chi connectivity index (χ3n) is 5.04. The van der Waals surface area contributed by atoms with E-state index in [1.807, 2.05) is 18.2 Å². The van der Waals surface area contributed by atoms with Crippen molar-refractivity contribution in [1.29, 1.82) is 0 Å². The van der Waals surface area contributed by atoms with Gasteiger partial charge in [-0.05, 0) is 44.2 Å². The zero-order valence-electron chi connectivity index (χ0n) is 13.9. The highest BCUT2D eigenvalue weighted by Gasteiger charge is 2.27. The molecule has 0 bridgehead atoms. The molecule has 24 heavy (non-hydrogen) atoms. The number of pyridine rings is 1. The molecule has 0 amide bonds. The average Bonchev–Trinajstić information content (AvgIpc) is 3.10. The van der Waals surface area contributed by atoms with Gasteiger partial charge in [-0.2, -0.15) is 0 Å². The molecule has 1 saturated heterocycles. The Morgan fingerprint density at radius 3 is 2.75 bits per heavy atom. The summed E-state index contributed by atoms with van der Waals surface area (Å²) in [5.74, 6) is 3.37. The molecule has 0 radical (unpaired) electrons. The van der Waals surface area contributed by atoms with E-state index in [1.54, 1.807) is 6.20 Å². The molecule has 6 heteroatoms. The Balaban J connectivity index is 1.71. The molecular formula is C18H22N4OS. The molecule has 2 aromatic heterocycles. The highest BCUT2D eigenvalue weighted by molar-refractivity contribution is 7.85. The maximum atomic E-state index is 11.7. The Kier molecular flexibility index (Phi) is 4.31. The zero-order chi connectivity index (χ0) is 16.5. The van der Waals surface area contributed by atoms with Crippen molar-refractivity contribution < 1.29 is 4.21 Å². The van der Waals surface area contributed by atoms with E-state index < -0.39 is 10.8 Å². The van der Waals surface area contributed by atoms with Crippen LogP contribution in [0.25, 0.3) is 11.5 Å². The molecule has 5 nitrogen and oxygen atoms in total. The summed E-state index contributed by atoms with van der Waals surface area (Å²) >= 11 is 0. The summed E-state index contributed by atoms with van der Waals surface area (Å²) in [6, 6.07) is 6.26. The van der Waals surface area contributed by atoms with E-state index in [9.17, 15) is 4.21 Å². The normalized spacial score (nSPS) is 23.0. The first-order valence-electron chi connectivity index (χ1n) is 8.61. The van der Waals surface area contributed by atoms with Crippen molar-refractivity contribution in [2.75, 3.05) is 23.5 Å². The number of hydrogen-bond donors (Lipinski definition) is 0. The summed E-state index contributed by atoms with van der Waals surface area (Å²) in [6.07, 6.45) is 6.95.